The Morgan fingerprint density at radius 2 is 1.38 bits per heavy atom. The van der Waals surface area contributed by atoms with Crippen LogP contribution < -0.4 is 5.73 Å². The highest BCUT2D eigenvalue weighted by Crippen LogP contribution is 2.11. The van der Waals surface area contributed by atoms with Gasteiger partial charge in [-0.15, -0.1) is 0 Å². The van der Waals surface area contributed by atoms with Gasteiger partial charge in [-0.05, 0) is 18.8 Å². The van der Waals surface area contributed by atoms with Crippen molar-refractivity contribution in [1.82, 2.24) is 0 Å². The second kappa shape index (κ2) is 3.08. The summed E-state index contributed by atoms with van der Waals surface area (Å²) in [4.78, 5) is 0. The van der Waals surface area contributed by atoms with Gasteiger partial charge in [0, 0.05) is 6.04 Å². The first kappa shape index (κ1) is 7.96. The molecule has 0 heterocycles. The summed E-state index contributed by atoms with van der Waals surface area (Å²) in [6.07, 6.45) is 0. The Morgan fingerprint density at radius 3 is 1.38 bits per heavy atom. The summed E-state index contributed by atoms with van der Waals surface area (Å²) in [7, 11) is 0. The van der Waals surface area contributed by atoms with E-state index in [2.05, 4.69) is 27.7 Å². The molecular formula is C7H17N. The lowest BCUT2D eigenvalue weighted by atomic mass is 9.92. The van der Waals surface area contributed by atoms with Crippen molar-refractivity contribution in [3.05, 3.63) is 0 Å². The lowest BCUT2D eigenvalue weighted by Gasteiger charge is -2.18. The highest BCUT2D eigenvalue weighted by molar-refractivity contribution is 4.65. The molecule has 0 rings (SSSR count). The molecule has 0 aliphatic rings. The fraction of sp³-hybridized carbons (Fsp3) is 1.00. The summed E-state index contributed by atoms with van der Waals surface area (Å²) in [6, 6.07) is 0.343. The second-order valence-corrected chi connectivity index (χ2v) is 2.96. The van der Waals surface area contributed by atoms with Crippen LogP contribution in [0.25, 0.3) is 0 Å². The SMILES string of the molecule is CC(C)[C@@H](C)[C@@H](C)N. The first-order valence-corrected chi connectivity index (χ1v) is 3.31. The van der Waals surface area contributed by atoms with Crippen molar-refractivity contribution < 1.29 is 0 Å². The van der Waals surface area contributed by atoms with Gasteiger partial charge in [-0.1, -0.05) is 20.8 Å². The number of hydrogen-bond acceptors (Lipinski definition) is 1. The van der Waals surface area contributed by atoms with Crippen LogP contribution in [0.1, 0.15) is 27.7 Å². The minimum absolute atomic E-state index is 0.343. The van der Waals surface area contributed by atoms with Crippen molar-refractivity contribution in [2.75, 3.05) is 0 Å². The zero-order valence-electron chi connectivity index (χ0n) is 6.31. The van der Waals surface area contributed by atoms with E-state index in [9.17, 15) is 0 Å². The summed E-state index contributed by atoms with van der Waals surface area (Å²) >= 11 is 0. The molecule has 0 aliphatic heterocycles. The molecule has 0 radical (unpaired) electrons. The van der Waals surface area contributed by atoms with Gasteiger partial charge >= 0.3 is 0 Å². The molecule has 0 bridgehead atoms. The average Bonchev–Trinajstić information content (AvgIpc) is 1.64. The third-order valence-electron chi connectivity index (χ3n) is 1.88. The zero-order chi connectivity index (χ0) is 6.73. The van der Waals surface area contributed by atoms with Crippen LogP contribution >= 0.6 is 0 Å². The van der Waals surface area contributed by atoms with Gasteiger partial charge in [0.2, 0.25) is 0 Å². The first-order chi connectivity index (χ1) is 3.55. The maximum atomic E-state index is 5.64. The summed E-state index contributed by atoms with van der Waals surface area (Å²) in [6.45, 7) is 8.65. The van der Waals surface area contributed by atoms with E-state index in [1.54, 1.807) is 0 Å². The maximum Gasteiger partial charge on any atom is 0.00385 e. The number of hydrogen-bond donors (Lipinski definition) is 1. The molecule has 0 fully saturated rings. The highest BCUT2D eigenvalue weighted by Gasteiger charge is 2.10. The third-order valence-corrected chi connectivity index (χ3v) is 1.88. The van der Waals surface area contributed by atoms with E-state index in [1.165, 1.54) is 0 Å². The monoisotopic (exact) mass is 115 g/mol. The van der Waals surface area contributed by atoms with E-state index >= 15 is 0 Å². The molecule has 8 heavy (non-hydrogen) atoms. The van der Waals surface area contributed by atoms with Crippen LogP contribution in [-0.2, 0) is 0 Å². The highest BCUT2D eigenvalue weighted by atomic mass is 14.6. The summed E-state index contributed by atoms with van der Waals surface area (Å²) < 4.78 is 0. The fourth-order valence-electron chi connectivity index (χ4n) is 0.607. The third kappa shape index (κ3) is 2.31. The van der Waals surface area contributed by atoms with Crippen molar-refractivity contribution in [3.8, 4) is 0 Å². The Labute approximate surface area is 52.3 Å². The molecule has 50 valence electrons. The van der Waals surface area contributed by atoms with E-state index in [0.717, 1.165) is 5.92 Å². The van der Waals surface area contributed by atoms with Crippen LogP contribution in [0.5, 0.6) is 0 Å². The molecule has 2 atom stereocenters. The predicted molar refractivity (Wildman–Crippen MR) is 37.7 cm³/mol. The Bertz CT molecular complexity index is 49.4. The van der Waals surface area contributed by atoms with Crippen LogP contribution in [0.3, 0.4) is 0 Å². The van der Waals surface area contributed by atoms with Crippen molar-refractivity contribution in [2.45, 2.75) is 33.7 Å². The smallest absolute Gasteiger partial charge is 0.00385 e. The summed E-state index contributed by atoms with van der Waals surface area (Å²) in [5, 5.41) is 0. The maximum absolute atomic E-state index is 5.64. The lowest BCUT2D eigenvalue weighted by Crippen LogP contribution is -2.27. The molecule has 0 aromatic carbocycles. The van der Waals surface area contributed by atoms with E-state index in [0.29, 0.717) is 12.0 Å². The normalized spacial score (nSPS) is 18.8. The van der Waals surface area contributed by atoms with Crippen LogP contribution in [0.2, 0.25) is 0 Å². The van der Waals surface area contributed by atoms with Gasteiger partial charge in [0.25, 0.3) is 0 Å². The largest absolute Gasteiger partial charge is 0.328 e. The molecule has 1 heteroatoms. The Balaban J connectivity index is 3.46. The average molecular weight is 115 g/mol. The first-order valence-electron chi connectivity index (χ1n) is 3.31. The van der Waals surface area contributed by atoms with E-state index < -0.39 is 0 Å². The molecule has 0 unspecified atom stereocenters. The minimum Gasteiger partial charge on any atom is -0.328 e. The van der Waals surface area contributed by atoms with Gasteiger partial charge < -0.3 is 5.73 Å². The molecule has 0 aliphatic carbocycles. The number of nitrogens with two attached hydrogens (primary N) is 1. The Morgan fingerprint density at radius 1 is 1.00 bits per heavy atom. The van der Waals surface area contributed by atoms with Gasteiger partial charge in [-0.3, -0.25) is 0 Å². The van der Waals surface area contributed by atoms with Crippen molar-refractivity contribution in [2.24, 2.45) is 17.6 Å². The molecule has 0 spiro atoms. The Hall–Kier alpha value is -0.0400. The molecule has 0 saturated heterocycles. The predicted octanol–water partition coefficient (Wildman–Crippen LogP) is 1.63. The van der Waals surface area contributed by atoms with Crippen LogP contribution in [0.4, 0.5) is 0 Å². The van der Waals surface area contributed by atoms with Crippen molar-refractivity contribution in [3.63, 3.8) is 0 Å². The molecule has 0 amide bonds. The van der Waals surface area contributed by atoms with Crippen LogP contribution in [0, 0.1) is 11.8 Å². The van der Waals surface area contributed by atoms with Gasteiger partial charge in [0.15, 0.2) is 0 Å². The quantitative estimate of drug-likeness (QED) is 0.581. The molecular weight excluding hydrogens is 98.1 g/mol. The van der Waals surface area contributed by atoms with Crippen molar-refractivity contribution in [1.29, 1.82) is 0 Å². The summed E-state index contributed by atoms with van der Waals surface area (Å²) in [5.74, 6) is 1.37. The van der Waals surface area contributed by atoms with E-state index in [4.69, 9.17) is 5.73 Å². The molecule has 0 saturated carbocycles. The summed E-state index contributed by atoms with van der Waals surface area (Å²) in [5.41, 5.74) is 5.64. The second-order valence-electron chi connectivity index (χ2n) is 2.96. The van der Waals surface area contributed by atoms with E-state index in [1.807, 2.05) is 0 Å². The van der Waals surface area contributed by atoms with Gasteiger partial charge in [0.05, 0.1) is 0 Å². The fourth-order valence-corrected chi connectivity index (χ4v) is 0.607. The van der Waals surface area contributed by atoms with Gasteiger partial charge in [0.1, 0.15) is 0 Å². The number of rotatable bonds is 2. The standard InChI is InChI=1S/C7H17N/c1-5(2)6(3)7(4)8/h5-7H,8H2,1-4H3/t6-,7-/m1/s1. The minimum atomic E-state index is 0.343. The molecule has 0 aromatic rings. The Kier molecular flexibility index (Phi) is 3.06. The van der Waals surface area contributed by atoms with Gasteiger partial charge in [-0.25, -0.2) is 0 Å². The van der Waals surface area contributed by atoms with Crippen molar-refractivity contribution >= 4 is 0 Å². The topological polar surface area (TPSA) is 26.0 Å². The van der Waals surface area contributed by atoms with E-state index in [-0.39, 0.29) is 0 Å². The lowest BCUT2D eigenvalue weighted by molar-refractivity contribution is 0.362. The van der Waals surface area contributed by atoms with Crippen LogP contribution in [0.15, 0.2) is 0 Å². The molecule has 0 aromatic heterocycles. The zero-order valence-corrected chi connectivity index (χ0v) is 6.31. The van der Waals surface area contributed by atoms with Gasteiger partial charge in [-0.2, -0.15) is 0 Å². The molecule has 2 N–H and O–H groups in total. The van der Waals surface area contributed by atoms with Crippen LogP contribution in [-0.4, -0.2) is 6.04 Å². The molecule has 1 nitrogen and oxygen atoms in total.